The van der Waals surface area contributed by atoms with E-state index in [0.717, 1.165) is 19.1 Å². The minimum atomic E-state index is 0.476. The van der Waals surface area contributed by atoms with Crippen LogP contribution >= 0.6 is 11.3 Å². The Morgan fingerprint density at radius 1 is 1.39 bits per heavy atom. The van der Waals surface area contributed by atoms with Crippen molar-refractivity contribution >= 4 is 11.3 Å². The lowest BCUT2D eigenvalue weighted by molar-refractivity contribution is 0.176. The first-order valence-corrected chi connectivity index (χ1v) is 7.91. The fraction of sp³-hybridized carbons (Fsp3) is 0.786. The molecule has 0 aromatic carbocycles. The van der Waals surface area contributed by atoms with Crippen molar-refractivity contribution in [2.24, 2.45) is 5.92 Å². The van der Waals surface area contributed by atoms with E-state index in [0.29, 0.717) is 6.04 Å². The third kappa shape index (κ3) is 2.46. The average Bonchev–Trinajstić information content (AvgIpc) is 2.85. The summed E-state index contributed by atoms with van der Waals surface area (Å²) < 4.78 is 5.14. The number of rotatable bonds is 6. The molecule has 1 aromatic heterocycles. The van der Waals surface area contributed by atoms with Crippen molar-refractivity contribution in [1.82, 2.24) is 10.3 Å². The molecule has 18 heavy (non-hydrogen) atoms. The zero-order chi connectivity index (χ0) is 12.4. The first kappa shape index (κ1) is 12.6. The molecule has 0 bridgehead atoms. The maximum Gasteiger partial charge on any atom is 0.110 e. The lowest BCUT2D eigenvalue weighted by Crippen LogP contribution is -2.34. The predicted octanol–water partition coefficient (Wildman–Crippen LogP) is 2.71. The Hall–Kier alpha value is -0.450. The topological polar surface area (TPSA) is 34.1 Å². The molecule has 0 radical (unpaired) electrons. The lowest BCUT2D eigenvalue weighted by atomic mass is 9.80. The van der Waals surface area contributed by atoms with Gasteiger partial charge in [-0.25, -0.2) is 4.98 Å². The SMILES string of the molecule is COCCNC(c1nc2c(s1)CCC2)C1CCC1. The molecule has 1 unspecified atom stereocenters. The molecule has 2 aliphatic carbocycles. The molecule has 1 N–H and O–H groups in total. The lowest BCUT2D eigenvalue weighted by Gasteiger charge is -2.33. The molecular weight excluding hydrogens is 244 g/mol. The molecule has 3 rings (SSSR count). The predicted molar refractivity (Wildman–Crippen MR) is 74.1 cm³/mol. The summed E-state index contributed by atoms with van der Waals surface area (Å²) in [6, 6.07) is 0.476. The van der Waals surface area contributed by atoms with Crippen molar-refractivity contribution in [2.45, 2.75) is 44.6 Å². The fourth-order valence-corrected chi connectivity index (χ4v) is 4.21. The number of hydrogen-bond donors (Lipinski definition) is 1. The van der Waals surface area contributed by atoms with Gasteiger partial charge in [-0.15, -0.1) is 11.3 Å². The smallest absolute Gasteiger partial charge is 0.110 e. The monoisotopic (exact) mass is 266 g/mol. The van der Waals surface area contributed by atoms with Crippen molar-refractivity contribution in [1.29, 1.82) is 0 Å². The second-order valence-corrected chi connectivity index (χ2v) is 6.51. The van der Waals surface area contributed by atoms with Gasteiger partial charge >= 0.3 is 0 Å². The van der Waals surface area contributed by atoms with Crippen molar-refractivity contribution in [3.05, 3.63) is 15.6 Å². The fourth-order valence-electron chi connectivity index (χ4n) is 2.89. The number of ether oxygens (including phenoxy) is 1. The van der Waals surface area contributed by atoms with Crippen LogP contribution in [0.25, 0.3) is 0 Å². The van der Waals surface area contributed by atoms with Gasteiger partial charge in [-0.3, -0.25) is 0 Å². The summed E-state index contributed by atoms with van der Waals surface area (Å²) in [6.07, 6.45) is 7.85. The summed E-state index contributed by atoms with van der Waals surface area (Å²) in [7, 11) is 1.76. The largest absolute Gasteiger partial charge is 0.383 e. The van der Waals surface area contributed by atoms with Gasteiger partial charge < -0.3 is 10.1 Å². The summed E-state index contributed by atoms with van der Waals surface area (Å²) >= 11 is 1.95. The highest BCUT2D eigenvalue weighted by atomic mass is 32.1. The molecule has 3 nitrogen and oxygen atoms in total. The Kier molecular flexibility index (Phi) is 3.97. The minimum absolute atomic E-state index is 0.476. The van der Waals surface area contributed by atoms with E-state index in [1.54, 1.807) is 12.0 Å². The van der Waals surface area contributed by atoms with E-state index < -0.39 is 0 Å². The first-order valence-electron chi connectivity index (χ1n) is 7.09. The maximum atomic E-state index is 5.14. The van der Waals surface area contributed by atoms with Crippen LogP contribution in [0, 0.1) is 5.92 Å². The Labute approximate surface area is 113 Å². The molecule has 0 amide bonds. The highest BCUT2D eigenvalue weighted by molar-refractivity contribution is 7.11. The molecule has 1 atom stereocenters. The molecular formula is C14H22N2OS. The molecule has 1 heterocycles. The third-order valence-electron chi connectivity index (χ3n) is 4.17. The zero-order valence-corrected chi connectivity index (χ0v) is 11.9. The van der Waals surface area contributed by atoms with Crippen molar-refractivity contribution in [2.75, 3.05) is 20.3 Å². The van der Waals surface area contributed by atoms with Crippen molar-refractivity contribution < 1.29 is 4.74 Å². The zero-order valence-electron chi connectivity index (χ0n) is 11.1. The summed E-state index contributed by atoms with van der Waals surface area (Å²) in [6.45, 7) is 1.72. The first-order chi connectivity index (χ1) is 8.88. The second-order valence-electron chi connectivity index (χ2n) is 5.39. The van der Waals surface area contributed by atoms with Gasteiger partial charge in [-0.1, -0.05) is 6.42 Å². The molecule has 0 spiro atoms. The van der Waals surface area contributed by atoms with Crippen LogP contribution in [0.15, 0.2) is 0 Å². The molecule has 1 fully saturated rings. The van der Waals surface area contributed by atoms with Crippen LogP contribution in [0.4, 0.5) is 0 Å². The van der Waals surface area contributed by atoms with Crippen LogP contribution in [-0.2, 0) is 17.6 Å². The van der Waals surface area contributed by atoms with E-state index in [-0.39, 0.29) is 0 Å². The van der Waals surface area contributed by atoms with Gasteiger partial charge in [0.15, 0.2) is 0 Å². The third-order valence-corrected chi connectivity index (χ3v) is 5.41. The number of thiazole rings is 1. The molecule has 1 saturated carbocycles. The van der Waals surface area contributed by atoms with Crippen LogP contribution < -0.4 is 5.32 Å². The quantitative estimate of drug-likeness (QED) is 0.804. The van der Waals surface area contributed by atoms with E-state index >= 15 is 0 Å². The molecule has 4 heteroatoms. The van der Waals surface area contributed by atoms with Crippen molar-refractivity contribution in [3.63, 3.8) is 0 Å². The molecule has 100 valence electrons. The number of nitrogens with zero attached hydrogens (tertiary/aromatic N) is 1. The van der Waals surface area contributed by atoms with Gasteiger partial charge in [-0.05, 0) is 38.0 Å². The Balaban J connectivity index is 1.70. The van der Waals surface area contributed by atoms with Crippen LogP contribution in [0.2, 0.25) is 0 Å². The summed E-state index contributed by atoms with van der Waals surface area (Å²) in [5, 5.41) is 4.98. The van der Waals surface area contributed by atoms with Crippen LogP contribution in [0.3, 0.4) is 0 Å². The van der Waals surface area contributed by atoms with E-state index in [1.807, 2.05) is 11.3 Å². The standard InChI is InChI=1S/C14H22N2OS/c1-17-9-8-15-13(10-4-2-5-10)14-16-11-6-3-7-12(11)18-14/h10,13,15H,2-9H2,1H3. The van der Waals surface area contributed by atoms with Gasteiger partial charge in [0.1, 0.15) is 5.01 Å². The summed E-state index contributed by atoms with van der Waals surface area (Å²) in [5.74, 6) is 0.799. The van der Waals surface area contributed by atoms with Crippen LogP contribution in [0.5, 0.6) is 0 Å². The number of fused-ring (bicyclic) bond motifs is 1. The normalized spacial score (nSPS) is 20.7. The van der Waals surface area contributed by atoms with Gasteiger partial charge in [0.25, 0.3) is 0 Å². The number of nitrogens with one attached hydrogen (secondary N) is 1. The second kappa shape index (κ2) is 5.68. The van der Waals surface area contributed by atoms with E-state index in [9.17, 15) is 0 Å². The number of methoxy groups -OCH3 is 1. The van der Waals surface area contributed by atoms with Gasteiger partial charge in [0.05, 0.1) is 18.3 Å². The van der Waals surface area contributed by atoms with Crippen LogP contribution in [0.1, 0.15) is 47.3 Å². The van der Waals surface area contributed by atoms with E-state index in [2.05, 4.69) is 5.32 Å². The Bertz CT molecular complexity index is 379. The molecule has 2 aliphatic rings. The number of hydrogen-bond acceptors (Lipinski definition) is 4. The van der Waals surface area contributed by atoms with Gasteiger partial charge in [0.2, 0.25) is 0 Å². The highest BCUT2D eigenvalue weighted by Crippen LogP contribution is 2.40. The molecule has 0 saturated heterocycles. The summed E-state index contributed by atoms with van der Waals surface area (Å²) in [5.41, 5.74) is 1.38. The van der Waals surface area contributed by atoms with Crippen molar-refractivity contribution in [3.8, 4) is 0 Å². The molecule has 1 aromatic rings. The highest BCUT2D eigenvalue weighted by Gasteiger charge is 2.31. The average molecular weight is 266 g/mol. The minimum Gasteiger partial charge on any atom is -0.383 e. The maximum absolute atomic E-state index is 5.14. The van der Waals surface area contributed by atoms with E-state index in [1.165, 1.54) is 49.2 Å². The summed E-state index contributed by atoms with van der Waals surface area (Å²) in [4.78, 5) is 6.43. The van der Waals surface area contributed by atoms with Gasteiger partial charge in [-0.2, -0.15) is 0 Å². The molecule has 0 aliphatic heterocycles. The van der Waals surface area contributed by atoms with E-state index in [4.69, 9.17) is 9.72 Å². The van der Waals surface area contributed by atoms with Crippen LogP contribution in [-0.4, -0.2) is 25.2 Å². The number of aryl methyl sites for hydroxylation is 2. The Morgan fingerprint density at radius 3 is 2.94 bits per heavy atom. The Morgan fingerprint density at radius 2 is 2.28 bits per heavy atom. The number of aromatic nitrogens is 1. The van der Waals surface area contributed by atoms with Gasteiger partial charge in [0, 0.05) is 18.5 Å².